The third kappa shape index (κ3) is 4.14. The molecule has 0 bridgehead atoms. The van der Waals surface area contributed by atoms with Crippen molar-refractivity contribution in [2.45, 2.75) is 57.4 Å². The lowest BCUT2D eigenvalue weighted by molar-refractivity contribution is -0.123. The summed E-state index contributed by atoms with van der Waals surface area (Å²) in [6.07, 6.45) is 5.45. The first-order chi connectivity index (χ1) is 16.4. The molecule has 0 spiro atoms. The van der Waals surface area contributed by atoms with Gasteiger partial charge in [0.25, 0.3) is 0 Å². The zero-order valence-electron chi connectivity index (χ0n) is 19.7. The Kier molecular flexibility index (Phi) is 6.20. The molecule has 3 heterocycles. The molecule has 1 amide bonds. The lowest BCUT2D eigenvalue weighted by Crippen LogP contribution is -2.51. The van der Waals surface area contributed by atoms with Gasteiger partial charge < -0.3 is 9.88 Å². The highest BCUT2D eigenvalue weighted by Crippen LogP contribution is 2.38. The molecule has 1 aromatic heterocycles. The number of aryl methyl sites for hydroxylation is 2. The predicted octanol–water partition coefficient (Wildman–Crippen LogP) is 4.08. The average Bonchev–Trinajstić information content (AvgIpc) is 3.03. The van der Waals surface area contributed by atoms with Crippen molar-refractivity contribution in [3.8, 4) is 0 Å². The molecular formula is C26H32N4O3S. The molecule has 7 nitrogen and oxygen atoms in total. The maximum atomic E-state index is 13.8. The predicted molar refractivity (Wildman–Crippen MR) is 134 cm³/mol. The fourth-order valence-electron chi connectivity index (χ4n) is 5.41. The SMILES string of the molecule is CCS(=O)(=O)N1CCC(C(=O)Nc2ccc3c(c2)nc2n3CCCCC2)(c2ccccc2)CC1. The number of nitrogens with one attached hydrogen (secondary N) is 1. The molecule has 1 saturated heterocycles. The van der Waals surface area contributed by atoms with Crippen molar-refractivity contribution in [3.05, 3.63) is 59.9 Å². The first-order valence-electron chi connectivity index (χ1n) is 12.3. The minimum atomic E-state index is -3.28. The van der Waals surface area contributed by atoms with E-state index in [1.807, 2.05) is 42.5 Å². The van der Waals surface area contributed by atoms with Gasteiger partial charge in [0, 0.05) is 31.7 Å². The maximum Gasteiger partial charge on any atom is 0.235 e. The van der Waals surface area contributed by atoms with Gasteiger partial charge in [0.2, 0.25) is 15.9 Å². The summed E-state index contributed by atoms with van der Waals surface area (Å²) in [4.78, 5) is 18.6. The van der Waals surface area contributed by atoms with Crippen LogP contribution in [0.4, 0.5) is 5.69 Å². The Morgan fingerprint density at radius 1 is 1.03 bits per heavy atom. The van der Waals surface area contributed by atoms with Crippen molar-refractivity contribution in [1.29, 1.82) is 0 Å². The largest absolute Gasteiger partial charge is 0.328 e. The quantitative estimate of drug-likeness (QED) is 0.596. The number of amides is 1. The lowest BCUT2D eigenvalue weighted by atomic mass is 9.72. The van der Waals surface area contributed by atoms with E-state index in [1.165, 1.54) is 17.1 Å². The molecule has 2 aromatic carbocycles. The molecule has 8 heteroatoms. The van der Waals surface area contributed by atoms with Gasteiger partial charge in [0.05, 0.1) is 22.2 Å². The van der Waals surface area contributed by atoms with Gasteiger partial charge in [-0.3, -0.25) is 4.79 Å². The van der Waals surface area contributed by atoms with Crippen LogP contribution in [0, 0.1) is 0 Å². The number of carbonyl (C=O) groups is 1. The van der Waals surface area contributed by atoms with Gasteiger partial charge in [-0.1, -0.05) is 36.8 Å². The second-order valence-corrected chi connectivity index (χ2v) is 11.7. The molecule has 5 rings (SSSR count). The van der Waals surface area contributed by atoms with Crippen LogP contribution in [0.5, 0.6) is 0 Å². The van der Waals surface area contributed by atoms with E-state index in [4.69, 9.17) is 4.98 Å². The molecule has 3 aromatic rings. The molecule has 0 atom stereocenters. The third-order valence-corrected chi connectivity index (χ3v) is 9.34. The Bertz CT molecular complexity index is 1290. The zero-order valence-corrected chi connectivity index (χ0v) is 20.5. The van der Waals surface area contributed by atoms with Crippen molar-refractivity contribution in [3.63, 3.8) is 0 Å². The average molecular weight is 481 g/mol. The number of imidazole rings is 1. The number of hydrogen-bond acceptors (Lipinski definition) is 4. The summed E-state index contributed by atoms with van der Waals surface area (Å²) in [5, 5.41) is 3.15. The summed E-state index contributed by atoms with van der Waals surface area (Å²) >= 11 is 0. The van der Waals surface area contributed by atoms with Gasteiger partial charge in [-0.05, 0) is 56.4 Å². The van der Waals surface area contributed by atoms with Crippen molar-refractivity contribution in [2.75, 3.05) is 24.2 Å². The topological polar surface area (TPSA) is 84.3 Å². The molecule has 0 radical (unpaired) electrons. The normalized spacial score (nSPS) is 18.9. The third-order valence-electron chi connectivity index (χ3n) is 7.46. The summed E-state index contributed by atoms with van der Waals surface area (Å²) < 4.78 is 28.6. The van der Waals surface area contributed by atoms with Crippen LogP contribution in [0.15, 0.2) is 48.5 Å². The van der Waals surface area contributed by atoms with E-state index < -0.39 is 15.4 Å². The van der Waals surface area contributed by atoms with E-state index in [2.05, 4.69) is 16.0 Å². The Labute approximate surface area is 201 Å². The Morgan fingerprint density at radius 3 is 2.53 bits per heavy atom. The van der Waals surface area contributed by atoms with Gasteiger partial charge >= 0.3 is 0 Å². The Hall–Kier alpha value is -2.71. The number of rotatable bonds is 5. The summed E-state index contributed by atoms with van der Waals surface area (Å²) in [6, 6.07) is 15.7. The van der Waals surface area contributed by atoms with E-state index in [0.717, 1.165) is 47.5 Å². The molecule has 34 heavy (non-hydrogen) atoms. The monoisotopic (exact) mass is 480 g/mol. The van der Waals surface area contributed by atoms with E-state index >= 15 is 0 Å². The molecule has 180 valence electrons. The van der Waals surface area contributed by atoms with E-state index in [1.54, 1.807) is 6.92 Å². The van der Waals surface area contributed by atoms with E-state index in [9.17, 15) is 13.2 Å². The molecule has 1 N–H and O–H groups in total. The van der Waals surface area contributed by atoms with E-state index in [-0.39, 0.29) is 11.7 Å². The number of benzene rings is 2. The number of fused-ring (bicyclic) bond motifs is 3. The molecule has 0 unspecified atom stereocenters. The van der Waals surface area contributed by atoms with Crippen LogP contribution in [-0.4, -0.2) is 47.0 Å². The smallest absolute Gasteiger partial charge is 0.235 e. The fourth-order valence-corrected chi connectivity index (χ4v) is 6.52. The fraction of sp³-hybridized carbons (Fsp3) is 0.462. The second-order valence-electron chi connectivity index (χ2n) is 9.40. The lowest BCUT2D eigenvalue weighted by Gasteiger charge is -2.40. The Morgan fingerprint density at radius 2 is 1.79 bits per heavy atom. The summed E-state index contributed by atoms with van der Waals surface area (Å²) in [5.41, 5.74) is 2.90. The van der Waals surface area contributed by atoms with E-state index in [0.29, 0.717) is 25.9 Å². The number of nitrogens with zero attached hydrogens (tertiary/aromatic N) is 3. The van der Waals surface area contributed by atoms with Crippen molar-refractivity contribution >= 4 is 32.7 Å². The van der Waals surface area contributed by atoms with Crippen LogP contribution >= 0.6 is 0 Å². The van der Waals surface area contributed by atoms with Crippen LogP contribution in [0.1, 0.15) is 50.4 Å². The van der Waals surface area contributed by atoms with Crippen LogP contribution in [0.2, 0.25) is 0 Å². The van der Waals surface area contributed by atoms with Gasteiger partial charge in [-0.25, -0.2) is 17.7 Å². The van der Waals surface area contributed by atoms with Gasteiger partial charge in [0.1, 0.15) is 5.82 Å². The molecule has 1 fully saturated rings. The van der Waals surface area contributed by atoms with Crippen LogP contribution in [-0.2, 0) is 33.2 Å². The molecule has 0 aliphatic carbocycles. The van der Waals surface area contributed by atoms with Gasteiger partial charge in [-0.15, -0.1) is 0 Å². The number of sulfonamides is 1. The first-order valence-corrected chi connectivity index (χ1v) is 13.9. The zero-order chi connectivity index (χ0) is 23.8. The van der Waals surface area contributed by atoms with Crippen LogP contribution in [0.25, 0.3) is 11.0 Å². The molecule has 2 aliphatic heterocycles. The standard InChI is InChI=1S/C26H32N4O3S/c1-2-34(32,33)29-17-14-26(15-18-29,20-9-5-3-6-10-20)25(31)27-21-12-13-23-22(19-21)28-24-11-7-4-8-16-30(23)24/h3,5-6,9-10,12-13,19H,2,4,7-8,11,14-18H2,1H3,(H,27,31). The first kappa shape index (κ1) is 23.1. The highest BCUT2D eigenvalue weighted by Gasteiger charge is 2.44. The molecule has 0 saturated carbocycles. The Balaban J connectivity index is 1.43. The van der Waals surface area contributed by atoms with Gasteiger partial charge in [0.15, 0.2) is 0 Å². The van der Waals surface area contributed by atoms with Crippen LogP contribution < -0.4 is 5.32 Å². The highest BCUT2D eigenvalue weighted by molar-refractivity contribution is 7.89. The molecule has 2 aliphatic rings. The second kappa shape index (κ2) is 9.15. The summed E-state index contributed by atoms with van der Waals surface area (Å²) in [7, 11) is -3.28. The van der Waals surface area contributed by atoms with Crippen LogP contribution in [0.3, 0.4) is 0 Å². The highest BCUT2D eigenvalue weighted by atomic mass is 32.2. The number of anilines is 1. The van der Waals surface area contributed by atoms with Crippen molar-refractivity contribution in [2.24, 2.45) is 0 Å². The minimum absolute atomic E-state index is 0.0756. The van der Waals surface area contributed by atoms with Gasteiger partial charge in [-0.2, -0.15) is 0 Å². The van der Waals surface area contributed by atoms with Crippen molar-refractivity contribution < 1.29 is 13.2 Å². The summed E-state index contributed by atoms with van der Waals surface area (Å²) in [6.45, 7) is 3.33. The molecular weight excluding hydrogens is 448 g/mol. The number of carbonyl (C=O) groups excluding carboxylic acids is 1. The summed E-state index contributed by atoms with van der Waals surface area (Å²) in [5.74, 6) is 1.11. The number of hydrogen-bond donors (Lipinski definition) is 1. The number of piperidine rings is 1. The number of aromatic nitrogens is 2. The minimum Gasteiger partial charge on any atom is -0.328 e. The van der Waals surface area contributed by atoms with Crippen molar-refractivity contribution in [1.82, 2.24) is 13.9 Å². The maximum absolute atomic E-state index is 13.8.